The Kier molecular flexibility index (Phi) is 5.71. The van der Waals surface area contributed by atoms with Gasteiger partial charge >= 0.3 is 12.1 Å². The molecule has 2 rings (SSSR count). The van der Waals surface area contributed by atoms with Gasteiger partial charge in [-0.3, -0.25) is 14.4 Å². The number of carbonyl (C=O) groups is 3. The molecule has 0 spiro atoms. The van der Waals surface area contributed by atoms with Crippen LogP contribution in [0.25, 0.3) is 0 Å². The first kappa shape index (κ1) is 18.5. The zero-order valence-electron chi connectivity index (χ0n) is 13.2. The predicted octanol–water partition coefficient (Wildman–Crippen LogP) is 1.64. The van der Waals surface area contributed by atoms with E-state index in [2.05, 4.69) is 0 Å². The second-order valence-electron chi connectivity index (χ2n) is 6.40. The van der Waals surface area contributed by atoms with E-state index in [1.165, 1.54) is 0 Å². The van der Waals surface area contributed by atoms with E-state index in [0.717, 1.165) is 12.8 Å². The molecule has 0 saturated carbocycles. The predicted molar refractivity (Wildman–Crippen MR) is 77.0 cm³/mol. The Morgan fingerprint density at radius 2 is 1.96 bits per heavy atom. The lowest BCUT2D eigenvalue weighted by atomic mass is 9.95. The van der Waals surface area contributed by atoms with Crippen LogP contribution in [-0.4, -0.2) is 64.5 Å². The number of rotatable bonds is 5. The van der Waals surface area contributed by atoms with E-state index in [-0.39, 0.29) is 31.3 Å². The van der Waals surface area contributed by atoms with Crippen molar-refractivity contribution >= 4 is 17.8 Å². The van der Waals surface area contributed by atoms with Crippen molar-refractivity contribution in [2.75, 3.05) is 19.6 Å². The number of likely N-dealkylation sites (tertiary alicyclic amines) is 2. The maximum absolute atomic E-state index is 12.6. The number of amides is 2. The van der Waals surface area contributed by atoms with Crippen LogP contribution in [0.1, 0.15) is 38.5 Å². The molecule has 24 heavy (non-hydrogen) atoms. The summed E-state index contributed by atoms with van der Waals surface area (Å²) >= 11 is 0. The zero-order valence-corrected chi connectivity index (χ0v) is 13.2. The Morgan fingerprint density at radius 3 is 2.58 bits per heavy atom. The molecule has 2 aliphatic rings. The molecule has 0 aliphatic carbocycles. The van der Waals surface area contributed by atoms with E-state index >= 15 is 0 Å². The van der Waals surface area contributed by atoms with Gasteiger partial charge in [0.05, 0.1) is 5.92 Å². The molecule has 0 aromatic heterocycles. The van der Waals surface area contributed by atoms with Crippen molar-refractivity contribution in [2.24, 2.45) is 5.92 Å². The molecule has 0 bridgehead atoms. The van der Waals surface area contributed by atoms with Gasteiger partial charge in [0.25, 0.3) is 0 Å². The van der Waals surface area contributed by atoms with Crippen molar-refractivity contribution in [1.82, 2.24) is 9.80 Å². The summed E-state index contributed by atoms with van der Waals surface area (Å²) in [6.07, 6.45) is -2.07. The summed E-state index contributed by atoms with van der Waals surface area (Å²) in [5, 5.41) is 8.80. The van der Waals surface area contributed by atoms with E-state index in [1.54, 1.807) is 4.90 Å². The van der Waals surface area contributed by atoms with Gasteiger partial charge in [-0.2, -0.15) is 13.2 Å². The molecular formula is C15H21F3N2O4. The molecule has 0 unspecified atom stereocenters. The standard InChI is InChI=1S/C15H21F3N2O4/c16-15(17,18)9-19-8-10(7-12(19)21)14(24)20-6-2-1-3-11(20)4-5-13(22)23/h10-11H,1-9H2,(H,22,23)/t10-,11+/m1/s1. The topological polar surface area (TPSA) is 77.9 Å². The summed E-state index contributed by atoms with van der Waals surface area (Å²) in [4.78, 5) is 37.3. The molecule has 2 fully saturated rings. The molecule has 6 nitrogen and oxygen atoms in total. The van der Waals surface area contributed by atoms with Crippen LogP contribution in [0.3, 0.4) is 0 Å². The smallest absolute Gasteiger partial charge is 0.406 e. The van der Waals surface area contributed by atoms with E-state index in [0.29, 0.717) is 24.3 Å². The molecule has 136 valence electrons. The van der Waals surface area contributed by atoms with Gasteiger partial charge in [-0.25, -0.2) is 0 Å². The van der Waals surface area contributed by atoms with E-state index < -0.39 is 30.5 Å². The number of carbonyl (C=O) groups excluding carboxylic acids is 2. The number of aliphatic carboxylic acids is 1. The van der Waals surface area contributed by atoms with Gasteiger partial charge in [0.15, 0.2) is 0 Å². The summed E-state index contributed by atoms with van der Waals surface area (Å²) in [7, 11) is 0. The minimum atomic E-state index is -4.48. The number of piperidine rings is 1. The van der Waals surface area contributed by atoms with Gasteiger partial charge in [-0.1, -0.05) is 0 Å². The maximum atomic E-state index is 12.6. The van der Waals surface area contributed by atoms with Gasteiger partial charge < -0.3 is 14.9 Å². The zero-order chi connectivity index (χ0) is 17.9. The lowest BCUT2D eigenvalue weighted by Gasteiger charge is -2.37. The number of alkyl halides is 3. The van der Waals surface area contributed by atoms with Gasteiger partial charge in [-0.05, 0) is 25.7 Å². The Balaban J connectivity index is 1.98. The number of carboxylic acids is 1. The first-order valence-corrected chi connectivity index (χ1v) is 8.04. The van der Waals surface area contributed by atoms with E-state index in [4.69, 9.17) is 5.11 Å². The van der Waals surface area contributed by atoms with Crippen molar-refractivity contribution in [1.29, 1.82) is 0 Å². The fourth-order valence-electron chi connectivity index (χ4n) is 3.42. The third kappa shape index (κ3) is 4.85. The highest BCUT2D eigenvalue weighted by Crippen LogP contribution is 2.28. The number of nitrogens with zero attached hydrogens (tertiary/aromatic N) is 2. The highest BCUT2D eigenvalue weighted by atomic mass is 19.4. The van der Waals surface area contributed by atoms with Gasteiger partial charge in [0, 0.05) is 32.0 Å². The normalized spacial score (nSPS) is 25.2. The molecule has 2 saturated heterocycles. The minimum absolute atomic E-state index is 0.0573. The van der Waals surface area contributed by atoms with Crippen LogP contribution in [0, 0.1) is 5.92 Å². The third-order valence-electron chi connectivity index (χ3n) is 4.54. The molecule has 0 aromatic carbocycles. The van der Waals surface area contributed by atoms with Crippen molar-refractivity contribution in [3.63, 3.8) is 0 Å². The number of hydrogen-bond acceptors (Lipinski definition) is 3. The molecule has 2 amide bonds. The van der Waals surface area contributed by atoms with Crippen LogP contribution in [-0.2, 0) is 14.4 Å². The lowest BCUT2D eigenvalue weighted by molar-refractivity contribution is -0.157. The fourth-order valence-corrected chi connectivity index (χ4v) is 3.42. The average Bonchev–Trinajstić information content (AvgIpc) is 2.84. The van der Waals surface area contributed by atoms with Gasteiger partial charge in [0.1, 0.15) is 6.54 Å². The van der Waals surface area contributed by atoms with Crippen LogP contribution < -0.4 is 0 Å². The van der Waals surface area contributed by atoms with E-state index in [1.807, 2.05) is 0 Å². The maximum Gasteiger partial charge on any atom is 0.406 e. The van der Waals surface area contributed by atoms with Crippen molar-refractivity contribution in [3.05, 3.63) is 0 Å². The molecule has 1 N–H and O–H groups in total. The molecule has 2 atom stereocenters. The summed E-state index contributed by atoms with van der Waals surface area (Å²) in [5.74, 6) is -2.71. The van der Waals surface area contributed by atoms with Crippen LogP contribution in [0.5, 0.6) is 0 Å². The Hall–Kier alpha value is -1.80. The number of halogens is 3. The molecular weight excluding hydrogens is 329 g/mol. The second-order valence-corrected chi connectivity index (χ2v) is 6.40. The van der Waals surface area contributed by atoms with Crippen LogP contribution in [0.15, 0.2) is 0 Å². The van der Waals surface area contributed by atoms with Crippen LogP contribution in [0.2, 0.25) is 0 Å². The molecule has 0 aromatic rings. The second kappa shape index (κ2) is 7.40. The van der Waals surface area contributed by atoms with Crippen LogP contribution >= 0.6 is 0 Å². The Morgan fingerprint density at radius 1 is 1.25 bits per heavy atom. The summed E-state index contributed by atoms with van der Waals surface area (Å²) in [6.45, 7) is -1.09. The van der Waals surface area contributed by atoms with Gasteiger partial charge in [-0.15, -0.1) is 0 Å². The van der Waals surface area contributed by atoms with Crippen LogP contribution in [0.4, 0.5) is 13.2 Å². The van der Waals surface area contributed by atoms with Gasteiger partial charge in [0.2, 0.25) is 11.8 Å². The molecule has 0 radical (unpaired) electrons. The highest BCUT2D eigenvalue weighted by molar-refractivity contribution is 5.89. The van der Waals surface area contributed by atoms with E-state index in [9.17, 15) is 27.6 Å². The summed E-state index contributed by atoms with van der Waals surface area (Å²) in [5.41, 5.74) is 0. The first-order valence-electron chi connectivity index (χ1n) is 8.04. The Labute approximate surface area is 137 Å². The largest absolute Gasteiger partial charge is 0.481 e. The number of hydrogen-bond donors (Lipinski definition) is 1. The van der Waals surface area contributed by atoms with Crippen molar-refractivity contribution in [2.45, 2.75) is 50.7 Å². The molecule has 2 aliphatic heterocycles. The monoisotopic (exact) mass is 350 g/mol. The number of carboxylic acid groups (broad SMARTS) is 1. The fraction of sp³-hybridized carbons (Fsp3) is 0.800. The average molecular weight is 350 g/mol. The SMILES string of the molecule is O=C(O)CC[C@@H]1CCCCN1C(=O)[C@@H]1CC(=O)N(CC(F)(F)F)C1. The minimum Gasteiger partial charge on any atom is -0.481 e. The van der Waals surface area contributed by atoms with Crippen molar-refractivity contribution in [3.8, 4) is 0 Å². The quantitative estimate of drug-likeness (QED) is 0.818. The molecule has 2 heterocycles. The highest BCUT2D eigenvalue weighted by Gasteiger charge is 2.42. The third-order valence-corrected chi connectivity index (χ3v) is 4.54. The summed E-state index contributed by atoms with van der Waals surface area (Å²) in [6, 6.07) is -0.214. The molecule has 9 heteroatoms. The Bertz CT molecular complexity index is 509. The lowest BCUT2D eigenvalue weighted by Crippen LogP contribution is -2.47. The first-order chi connectivity index (χ1) is 11.2. The summed E-state index contributed by atoms with van der Waals surface area (Å²) < 4.78 is 37.4. The van der Waals surface area contributed by atoms with Crippen molar-refractivity contribution < 1.29 is 32.7 Å².